The minimum absolute atomic E-state index is 0.0496. The Hall–Kier alpha value is -4.70. The van der Waals surface area contributed by atoms with Crippen LogP contribution in [0, 0.1) is 10.1 Å². The van der Waals surface area contributed by atoms with E-state index in [2.05, 4.69) is 10.3 Å². The number of para-hydroxylation sites is 2. The summed E-state index contributed by atoms with van der Waals surface area (Å²) in [7, 11) is 0. The highest BCUT2D eigenvalue weighted by molar-refractivity contribution is 7.25. The Morgan fingerprint density at radius 2 is 1.79 bits per heavy atom. The average molecular weight is 467 g/mol. The molecule has 9 nitrogen and oxygen atoms in total. The first kappa shape index (κ1) is 19.9. The highest BCUT2D eigenvalue weighted by atomic mass is 32.1. The van der Waals surface area contributed by atoms with E-state index in [9.17, 15) is 14.9 Å². The number of furan rings is 1. The Labute approximate surface area is 194 Å². The quantitative estimate of drug-likeness (QED) is 0.257. The second kappa shape index (κ2) is 7.71. The number of nitro groups is 1. The van der Waals surface area contributed by atoms with E-state index in [0.29, 0.717) is 26.2 Å². The van der Waals surface area contributed by atoms with Gasteiger partial charge in [0.2, 0.25) is 0 Å². The molecule has 0 fully saturated rings. The molecule has 6 rings (SSSR count). The Balaban J connectivity index is 1.67. The van der Waals surface area contributed by atoms with Gasteiger partial charge in [-0.15, -0.1) is 16.4 Å². The van der Waals surface area contributed by atoms with Gasteiger partial charge < -0.3 is 4.42 Å². The number of fused-ring (bicyclic) bond motifs is 3. The molecule has 0 aliphatic heterocycles. The molecule has 0 aliphatic carbocycles. The molecule has 6 aromatic rings. The van der Waals surface area contributed by atoms with Crippen LogP contribution in [-0.2, 0) is 0 Å². The van der Waals surface area contributed by atoms with Crippen molar-refractivity contribution in [1.82, 2.24) is 20.0 Å². The van der Waals surface area contributed by atoms with Crippen molar-refractivity contribution in [1.29, 1.82) is 0 Å². The molecule has 0 aliphatic rings. The van der Waals surface area contributed by atoms with E-state index >= 15 is 0 Å². The number of benzene rings is 2. The summed E-state index contributed by atoms with van der Waals surface area (Å²) in [6, 6.07) is 21.1. The van der Waals surface area contributed by atoms with Gasteiger partial charge in [-0.1, -0.05) is 47.7 Å². The predicted molar refractivity (Wildman–Crippen MR) is 128 cm³/mol. The van der Waals surface area contributed by atoms with Gasteiger partial charge in [-0.05, 0) is 24.3 Å². The zero-order valence-corrected chi connectivity index (χ0v) is 18.1. The highest BCUT2D eigenvalue weighted by Gasteiger charge is 2.23. The number of aromatic nitrogens is 4. The first-order valence-electron chi connectivity index (χ1n) is 10.2. The van der Waals surface area contributed by atoms with Crippen molar-refractivity contribution in [2.75, 3.05) is 0 Å². The summed E-state index contributed by atoms with van der Waals surface area (Å²) in [6.45, 7) is 0. The molecule has 4 heterocycles. The zero-order valence-electron chi connectivity index (χ0n) is 17.3. The van der Waals surface area contributed by atoms with Crippen molar-refractivity contribution in [3.63, 3.8) is 0 Å². The van der Waals surface area contributed by atoms with Crippen molar-refractivity contribution >= 4 is 37.5 Å². The first-order chi connectivity index (χ1) is 16.6. The van der Waals surface area contributed by atoms with Gasteiger partial charge in [0.1, 0.15) is 26.5 Å². The van der Waals surface area contributed by atoms with Gasteiger partial charge in [0.15, 0.2) is 0 Å². The maximum Gasteiger partial charge on any atom is 0.295 e. The second-order valence-electron chi connectivity index (χ2n) is 7.41. The summed E-state index contributed by atoms with van der Waals surface area (Å²) < 4.78 is 6.93. The monoisotopic (exact) mass is 467 g/mol. The fraction of sp³-hybridized carbons (Fsp3) is 0. The average Bonchev–Trinajstić information content (AvgIpc) is 3.53. The standard InChI is InChI=1S/C24H13N5O4S/c30-24-22-21(26-27-28(24)17-9-4-5-10-18(17)29(31)32)20-15(19-11-6-12-33-19)13-16(25-23(20)34-22)14-7-2-1-3-8-14/h1-13H. The van der Waals surface area contributed by atoms with Crippen LogP contribution < -0.4 is 5.56 Å². The largest absolute Gasteiger partial charge is 0.464 e. The number of nitrogens with zero attached hydrogens (tertiary/aromatic N) is 5. The molecule has 164 valence electrons. The van der Waals surface area contributed by atoms with Crippen LogP contribution in [0.1, 0.15) is 0 Å². The van der Waals surface area contributed by atoms with Crippen molar-refractivity contribution < 1.29 is 9.34 Å². The fourth-order valence-electron chi connectivity index (χ4n) is 3.89. The van der Waals surface area contributed by atoms with Gasteiger partial charge in [0.05, 0.1) is 22.3 Å². The van der Waals surface area contributed by atoms with Crippen LogP contribution in [-0.4, -0.2) is 24.9 Å². The van der Waals surface area contributed by atoms with Gasteiger partial charge in [-0.2, -0.15) is 4.68 Å². The summed E-state index contributed by atoms with van der Waals surface area (Å²) in [4.78, 5) is 29.7. The topological polar surface area (TPSA) is 117 Å². The van der Waals surface area contributed by atoms with E-state index < -0.39 is 10.5 Å². The van der Waals surface area contributed by atoms with Crippen LogP contribution in [0.5, 0.6) is 0 Å². The molecule has 0 amide bonds. The maximum atomic E-state index is 13.4. The lowest BCUT2D eigenvalue weighted by Crippen LogP contribution is -2.22. The molecule has 10 heteroatoms. The van der Waals surface area contributed by atoms with Crippen LogP contribution in [0.2, 0.25) is 0 Å². The van der Waals surface area contributed by atoms with Crippen LogP contribution in [0.25, 0.3) is 48.7 Å². The zero-order chi connectivity index (χ0) is 23.2. The Bertz CT molecular complexity index is 1760. The highest BCUT2D eigenvalue weighted by Crippen LogP contribution is 2.39. The van der Waals surface area contributed by atoms with Gasteiger partial charge in [-0.3, -0.25) is 14.9 Å². The lowest BCUT2D eigenvalue weighted by atomic mass is 10.0. The SMILES string of the molecule is O=c1c2sc3nc(-c4ccccc4)cc(-c4ccco4)c3c2nnn1-c1ccccc1[N+](=O)[O-]. The molecule has 0 spiro atoms. The third-order valence-corrected chi connectivity index (χ3v) is 6.48. The Morgan fingerprint density at radius 3 is 2.56 bits per heavy atom. The maximum absolute atomic E-state index is 13.4. The Kier molecular flexibility index (Phi) is 4.52. The molecule has 2 aromatic carbocycles. The van der Waals surface area contributed by atoms with E-state index in [1.54, 1.807) is 18.4 Å². The molecular weight excluding hydrogens is 454 g/mol. The van der Waals surface area contributed by atoms with E-state index in [4.69, 9.17) is 9.40 Å². The van der Waals surface area contributed by atoms with Gasteiger partial charge >= 0.3 is 0 Å². The van der Waals surface area contributed by atoms with Crippen molar-refractivity contribution in [3.8, 4) is 28.3 Å². The molecule has 4 aromatic heterocycles. The molecular formula is C24H13N5O4S. The predicted octanol–water partition coefficient (Wildman–Crippen LogP) is 5.23. The van der Waals surface area contributed by atoms with Gasteiger partial charge in [0.25, 0.3) is 11.2 Å². The first-order valence-corrected chi connectivity index (χ1v) is 11.0. The smallest absolute Gasteiger partial charge is 0.295 e. The number of hydrogen-bond donors (Lipinski definition) is 0. The molecule has 0 N–H and O–H groups in total. The number of nitro benzene ring substituents is 1. The van der Waals surface area contributed by atoms with Crippen molar-refractivity contribution in [2.24, 2.45) is 0 Å². The van der Waals surface area contributed by atoms with Crippen molar-refractivity contribution in [2.45, 2.75) is 0 Å². The summed E-state index contributed by atoms with van der Waals surface area (Å²) in [5.41, 5.74) is 2.05. The summed E-state index contributed by atoms with van der Waals surface area (Å²) in [6.07, 6.45) is 1.57. The lowest BCUT2D eigenvalue weighted by molar-refractivity contribution is -0.384. The summed E-state index contributed by atoms with van der Waals surface area (Å²) >= 11 is 1.17. The number of pyridine rings is 1. The van der Waals surface area contributed by atoms with Crippen LogP contribution in [0.15, 0.2) is 88.3 Å². The second-order valence-corrected chi connectivity index (χ2v) is 8.41. The molecule has 0 unspecified atom stereocenters. The molecule has 0 radical (unpaired) electrons. The van der Waals surface area contributed by atoms with E-state index in [1.165, 1.54) is 29.5 Å². The molecule has 34 heavy (non-hydrogen) atoms. The third-order valence-electron chi connectivity index (χ3n) is 5.42. The van der Waals surface area contributed by atoms with Gasteiger partial charge in [0, 0.05) is 17.2 Å². The number of thiophene rings is 1. The minimum Gasteiger partial charge on any atom is -0.464 e. The third kappa shape index (κ3) is 3.08. The molecule has 0 saturated carbocycles. The summed E-state index contributed by atoms with van der Waals surface area (Å²) in [5.74, 6) is 0.606. The number of hydrogen-bond acceptors (Lipinski definition) is 8. The van der Waals surface area contributed by atoms with E-state index in [1.807, 2.05) is 42.5 Å². The minimum atomic E-state index is -0.554. The van der Waals surface area contributed by atoms with E-state index in [0.717, 1.165) is 21.5 Å². The fourth-order valence-corrected chi connectivity index (χ4v) is 4.95. The molecule has 0 saturated heterocycles. The van der Waals surface area contributed by atoms with Crippen molar-refractivity contribution in [3.05, 3.63) is 99.5 Å². The van der Waals surface area contributed by atoms with Crippen LogP contribution in [0.3, 0.4) is 0 Å². The lowest BCUT2D eigenvalue weighted by Gasteiger charge is -2.06. The molecule has 0 atom stereocenters. The van der Waals surface area contributed by atoms with Gasteiger partial charge in [-0.25, -0.2) is 4.98 Å². The molecule has 0 bridgehead atoms. The Morgan fingerprint density at radius 1 is 1.00 bits per heavy atom. The number of rotatable bonds is 4. The normalized spacial score (nSPS) is 11.3. The summed E-state index contributed by atoms with van der Waals surface area (Å²) in [5, 5.41) is 20.5. The van der Waals surface area contributed by atoms with Crippen LogP contribution in [0.4, 0.5) is 5.69 Å². The van der Waals surface area contributed by atoms with Crippen LogP contribution >= 0.6 is 11.3 Å². The van der Waals surface area contributed by atoms with E-state index in [-0.39, 0.29) is 11.4 Å².